The third-order valence-corrected chi connectivity index (χ3v) is 2.47. The molecule has 0 fully saturated rings. The van der Waals surface area contributed by atoms with Crippen LogP contribution in [-0.2, 0) is 0 Å². The predicted molar refractivity (Wildman–Crippen MR) is 48.8 cm³/mol. The lowest BCUT2D eigenvalue weighted by molar-refractivity contribution is 0.476. The number of aryl methyl sites for hydroxylation is 1. The van der Waals surface area contributed by atoms with Gasteiger partial charge >= 0.3 is 0 Å². The fourth-order valence-corrected chi connectivity index (χ4v) is 1.92. The average molecular weight is 201 g/mol. The minimum Gasteiger partial charge on any atom is -0.505 e. The molecule has 1 aromatic carbocycles. The first-order valence-electron chi connectivity index (χ1n) is 3.30. The number of halogens is 1. The largest absolute Gasteiger partial charge is 0.505 e. The monoisotopic (exact) mass is 200 g/mol. The lowest BCUT2D eigenvalue weighted by Gasteiger charge is -1.98. The van der Waals surface area contributed by atoms with E-state index >= 15 is 0 Å². The summed E-state index contributed by atoms with van der Waals surface area (Å²) in [6.07, 6.45) is 0. The van der Waals surface area contributed by atoms with Crippen molar-refractivity contribution in [2.45, 2.75) is 6.92 Å². The van der Waals surface area contributed by atoms with Crippen LogP contribution in [0.5, 0.6) is 5.75 Å². The Labute approximate surface area is 77.9 Å². The van der Waals surface area contributed by atoms with Crippen molar-refractivity contribution in [3.63, 3.8) is 0 Å². The maximum absolute atomic E-state index is 9.52. The highest BCUT2D eigenvalue weighted by atomic mass is 35.5. The van der Waals surface area contributed by atoms with Gasteiger partial charge in [0.25, 0.3) is 0 Å². The zero-order valence-corrected chi connectivity index (χ0v) is 7.78. The molecule has 1 N–H and O–H groups in total. The second-order valence-electron chi connectivity index (χ2n) is 2.49. The Bertz CT molecular complexity index is 440. The van der Waals surface area contributed by atoms with Crippen LogP contribution in [0.25, 0.3) is 11.0 Å². The summed E-state index contributed by atoms with van der Waals surface area (Å²) in [5, 5.41) is 10.1. The number of aromatic nitrogens is 2. The van der Waals surface area contributed by atoms with Gasteiger partial charge in [-0.05, 0) is 18.6 Å². The number of hydrogen-bond donors (Lipinski definition) is 1. The lowest BCUT2D eigenvalue weighted by atomic mass is 10.2. The standard InChI is InChI=1S/C7H5ClN2OS/c1-3-2-4(8)5-6(7(3)11)10-12-9-5/h2,11H,1H3. The normalized spacial score (nSPS) is 10.8. The first-order valence-corrected chi connectivity index (χ1v) is 4.41. The van der Waals surface area contributed by atoms with Crippen molar-refractivity contribution in [2.24, 2.45) is 0 Å². The molecule has 0 atom stereocenters. The van der Waals surface area contributed by atoms with E-state index < -0.39 is 0 Å². The van der Waals surface area contributed by atoms with Crippen LogP contribution in [0.4, 0.5) is 0 Å². The molecule has 0 aliphatic carbocycles. The summed E-state index contributed by atoms with van der Waals surface area (Å²) in [6, 6.07) is 1.68. The van der Waals surface area contributed by atoms with E-state index in [1.807, 2.05) is 0 Å². The van der Waals surface area contributed by atoms with E-state index in [9.17, 15) is 5.11 Å². The van der Waals surface area contributed by atoms with Crippen molar-refractivity contribution in [3.05, 3.63) is 16.7 Å². The molecule has 0 bridgehead atoms. The zero-order chi connectivity index (χ0) is 8.72. The van der Waals surface area contributed by atoms with Gasteiger partial charge < -0.3 is 5.11 Å². The second-order valence-corrected chi connectivity index (χ2v) is 3.42. The van der Waals surface area contributed by atoms with Gasteiger partial charge in [-0.1, -0.05) is 11.6 Å². The maximum atomic E-state index is 9.52. The summed E-state index contributed by atoms with van der Waals surface area (Å²) in [5.74, 6) is 0.170. The third kappa shape index (κ3) is 0.956. The molecule has 0 aliphatic heterocycles. The summed E-state index contributed by atoms with van der Waals surface area (Å²) >= 11 is 6.91. The number of fused-ring (bicyclic) bond motifs is 1. The number of nitrogens with zero attached hydrogens (tertiary/aromatic N) is 2. The topological polar surface area (TPSA) is 46.0 Å². The molecule has 0 amide bonds. The Morgan fingerprint density at radius 3 is 2.83 bits per heavy atom. The van der Waals surface area contributed by atoms with Gasteiger partial charge in [0.05, 0.1) is 16.8 Å². The fourth-order valence-electron chi connectivity index (χ4n) is 1.01. The van der Waals surface area contributed by atoms with Crippen molar-refractivity contribution in [2.75, 3.05) is 0 Å². The van der Waals surface area contributed by atoms with E-state index in [-0.39, 0.29) is 5.75 Å². The predicted octanol–water partition coefficient (Wildman–Crippen LogP) is 2.36. The van der Waals surface area contributed by atoms with Crippen LogP contribution in [0.15, 0.2) is 6.07 Å². The molecular weight excluding hydrogens is 196 g/mol. The highest BCUT2D eigenvalue weighted by Crippen LogP contribution is 2.31. The van der Waals surface area contributed by atoms with E-state index in [0.717, 1.165) is 17.3 Å². The average Bonchev–Trinajstić information content (AvgIpc) is 2.48. The molecule has 3 nitrogen and oxygen atoms in total. The van der Waals surface area contributed by atoms with E-state index in [0.29, 0.717) is 16.1 Å². The van der Waals surface area contributed by atoms with Crippen molar-refractivity contribution >= 4 is 34.4 Å². The molecule has 0 saturated carbocycles. The summed E-state index contributed by atoms with van der Waals surface area (Å²) in [6.45, 7) is 1.78. The van der Waals surface area contributed by atoms with Gasteiger partial charge in [0.2, 0.25) is 0 Å². The molecule has 2 rings (SSSR count). The highest BCUT2D eigenvalue weighted by Gasteiger charge is 2.10. The van der Waals surface area contributed by atoms with E-state index in [1.165, 1.54) is 0 Å². The van der Waals surface area contributed by atoms with Gasteiger partial charge in [-0.2, -0.15) is 8.75 Å². The van der Waals surface area contributed by atoms with E-state index in [1.54, 1.807) is 13.0 Å². The molecule has 1 aromatic heterocycles. The summed E-state index contributed by atoms with van der Waals surface area (Å²) in [4.78, 5) is 0. The molecule has 0 unspecified atom stereocenters. The Morgan fingerprint density at radius 1 is 1.42 bits per heavy atom. The number of hydrogen-bond acceptors (Lipinski definition) is 4. The fraction of sp³-hybridized carbons (Fsp3) is 0.143. The smallest absolute Gasteiger partial charge is 0.148 e. The van der Waals surface area contributed by atoms with Crippen molar-refractivity contribution in [1.82, 2.24) is 8.75 Å². The summed E-state index contributed by atoms with van der Waals surface area (Å²) < 4.78 is 7.89. The SMILES string of the molecule is Cc1cc(Cl)c2nsnc2c1O. The van der Waals surface area contributed by atoms with Gasteiger partial charge in [-0.3, -0.25) is 0 Å². The molecule has 5 heteroatoms. The third-order valence-electron chi connectivity index (χ3n) is 1.66. The van der Waals surface area contributed by atoms with Crippen LogP contribution < -0.4 is 0 Å². The molecule has 0 aliphatic rings. The Kier molecular flexibility index (Phi) is 1.66. The Hall–Kier alpha value is -0.870. The summed E-state index contributed by atoms with van der Waals surface area (Å²) in [5.41, 5.74) is 1.79. The lowest BCUT2D eigenvalue weighted by Crippen LogP contribution is -1.78. The molecule has 1 heterocycles. The summed E-state index contributed by atoms with van der Waals surface area (Å²) in [7, 11) is 0. The molecule has 12 heavy (non-hydrogen) atoms. The molecule has 62 valence electrons. The first kappa shape index (κ1) is 7.76. The van der Waals surface area contributed by atoms with Gasteiger partial charge in [0.15, 0.2) is 0 Å². The van der Waals surface area contributed by atoms with Gasteiger partial charge in [-0.15, -0.1) is 0 Å². The molecule has 0 radical (unpaired) electrons. The molecule has 0 spiro atoms. The van der Waals surface area contributed by atoms with Gasteiger partial charge in [0, 0.05) is 0 Å². The second kappa shape index (κ2) is 2.57. The van der Waals surface area contributed by atoms with E-state index in [2.05, 4.69) is 8.75 Å². The minimum atomic E-state index is 0.170. The zero-order valence-electron chi connectivity index (χ0n) is 6.21. The molecular formula is C7H5ClN2OS. The van der Waals surface area contributed by atoms with Crippen LogP contribution in [-0.4, -0.2) is 13.9 Å². The van der Waals surface area contributed by atoms with Crippen LogP contribution in [0.1, 0.15) is 5.56 Å². The number of phenolic OH excluding ortho intramolecular Hbond substituents is 1. The van der Waals surface area contributed by atoms with Gasteiger partial charge in [0.1, 0.15) is 16.8 Å². The number of benzene rings is 1. The maximum Gasteiger partial charge on any atom is 0.148 e. The minimum absolute atomic E-state index is 0.170. The van der Waals surface area contributed by atoms with Gasteiger partial charge in [-0.25, -0.2) is 0 Å². The van der Waals surface area contributed by atoms with Crippen molar-refractivity contribution in [1.29, 1.82) is 0 Å². The van der Waals surface area contributed by atoms with Crippen LogP contribution in [0.2, 0.25) is 5.02 Å². The van der Waals surface area contributed by atoms with Crippen molar-refractivity contribution < 1.29 is 5.11 Å². The van der Waals surface area contributed by atoms with Crippen LogP contribution >= 0.6 is 23.3 Å². The van der Waals surface area contributed by atoms with Crippen molar-refractivity contribution in [3.8, 4) is 5.75 Å². The quantitative estimate of drug-likeness (QED) is 0.710. The highest BCUT2D eigenvalue weighted by molar-refractivity contribution is 7.00. The molecule has 0 saturated heterocycles. The Morgan fingerprint density at radius 2 is 2.08 bits per heavy atom. The first-order chi connectivity index (χ1) is 5.70. The number of phenols is 1. The van der Waals surface area contributed by atoms with Crippen LogP contribution in [0, 0.1) is 6.92 Å². The number of aromatic hydroxyl groups is 1. The van der Waals surface area contributed by atoms with Crippen LogP contribution in [0.3, 0.4) is 0 Å². The van der Waals surface area contributed by atoms with E-state index in [4.69, 9.17) is 11.6 Å². The molecule has 2 aromatic rings. The Balaban J connectivity index is 2.97. The number of rotatable bonds is 0.